The van der Waals surface area contributed by atoms with Gasteiger partial charge in [0.1, 0.15) is 0 Å². The topological polar surface area (TPSA) is 125 Å². The Labute approximate surface area is 78.4 Å². The van der Waals surface area contributed by atoms with Crippen molar-refractivity contribution in [3.8, 4) is 0 Å². The van der Waals surface area contributed by atoms with Crippen molar-refractivity contribution in [2.45, 2.75) is 5.25 Å². The molecule has 0 aromatic carbocycles. The average molecular weight is 216 g/mol. The third kappa shape index (κ3) is 1.67. The summed E-state index contributed by atoms with van der Waals surface area (Å²) in [4.78, 5) is 24.3. The zero-order valence-corrected chi connectivity index (χ0v) is 7.43. The van der Waals surface area contributed by atoms with Gasteiger partial charge in [-0.1, -0.05) is 0 Å². The van der Waals surface area contributed by atoms with Crippen molar-refractivity contribution in [1.82, 2.24) is 0 Å². The van der Waals surface area contributed by atoms with Crippen molar-refractivity contribution in [1.29, 1.82) is 0 Å². The van der Waals surface area contributed by atoms with Crippen LogP contribution in [-0.4, -0.2) is 40.3 Å². The van der Waals surface area contributed by atoms with Crippen molar-refractivity contribution >= 4 is 27.4 Å². The van der Waals surface area contributed by atoms with Crippen LogP contribution in [0.3, 0.4) is 0 Å². The van der Waals surface area contributed by atoms with Crippen molar-refractivity contribution < 1.29 is 27.3 Å². The Morgan fingerprint density at radius 1 is 1.36 bits per heavy atom. The summed E-state index contributed by atoms with van der Waals surface area (Å²) in [5.41, 5.74) is 7.42. The average Bonchev–Trinajstić information content (AvgIpc) is 2.06. The first kappa shape index (κ1) is 10.5. The van der Waals surface area contributed by atoms with Crippen LogP contribution in [0.1, 0.15) is 0 Å². The van der Waals surface area contributed by atoms with Crippen LogP contribution < -0.4 is 0 Å². The molecule has 1 atom stereocenters. The molecule has 1 rings (SSSR count). The molecular formula is C6H4N2O5S. The molecule has 7 nitrogen and oxygen atoms in total. The molecule has 0 saturated heterocycles. The molecule has 0 radical (unpaired) electrons. The second-order valence-corrected chi connectivity index (χ2v) is 3.98. The Bertz CT molecular complexity index is 482. The first-order valence-corrected chi connectivity index (χ1v) is 4.82. The lowest BCUT2D eigenvalue weighted by atomic mass is 10.0. The molecule has 0 saturated carbocycles. The summed E-state index contributed by atoms with van der Waals surface area (Å²) in [6.45, 7) is 0. The number of carbonyl (C=O) groups is 2. The lowest BCUT2D eigenvalue weighted by Gasteiger charge is -2.07. The Balaban J connectivity index is 3.43. The van der Waals surface area contributed by atoms with E-state index < -0.39 is 32.6 Å². The lowest BCUT2D eigenvalue weighted by Crippen LogP contribution is -2.43. The zero-order chi connectivity index (χ0) is 10.9. The highest BCUT2D eigenvalue weighted by Gasteiger charge is 2.46. The molecule has 1 N–H and O–H groups in total. The second-order valence-electron chi connectivity index (χ2n) is 2.48. The van der Waals surface area contributed by atoms with Crippen LogP contribution in [0.2, 0.25) is 0 Å². The van der Waals surface area contributed by atoms with E-state index in [0.717, 1.165) is 6.08 Å². The largest absolute Gasteiger partial charge is 0.367 e. The van der Waals surface area contributed by atoms with Gasteiger partial charge in [-0.3, -0.25) is 14.1 Å². The highest BCUT2D eigenvalue weighted by atomic mass is 32.2. The van der Waals surface area contributed by atoms with Crippen LogP contribution in [0, 0.1) is 0 Å². The highest BCUT2D eigenvalue weighted by Crippen LogP contribution is 2.09. The van der Waals surface area contributed by atoms with Gasteiger partial charge in [0.15, 0.2) is 5.78 Å². The maximum absolute atomic E-state index is 11.0. The minimum atomic E-state index is -4.78. The maximum Gasteiger partial charge on any atom is 0.367 e. The van der Waals surface area contributed by atoms with Gasteiger partial charge in [-0.15, -0.1) is 0 Å². The molecule has 0 aliphatic heterocycles. The molecular weight excluding hydrogens is 212 g/mol. The number of rotatable bonds is 1. The van der Waals surface area contributed by atoms with E-state index in [-0.39, 0.29) is 0 Å². The quantitative estimate of drug-likeness (QED) is 0.328. The Kier molecular flexibility index (Phi) is 2.43. The van der Waals surface area contributed by atoms with Crippen molar-refractivity contribution in [3.63, 3.8) is 0 Å². The standard InChI is InChI=1S/C6H4N2O5S/c7-8-5-3(9)1-2-4(10)6(5)14(11,12)13/h1-2,6H,(H,11,12,13). The van der Waals surface area contributed by atoms with E-state index in [9.17, 15) is 18.0 Å². The van der Waals surface area contributed by atoms with Crippen LogP contribution in [0.4, 0.5) is 0 Å². The Hall–Kier alpha value is -1.63. The predicted octanol–water partition coefficient (Wildman–Crippen LogP) is -1.38. The van der Waals surface area contributed by atoms with Gasteiger partial charge >= 0.3 is 5.71 Å². The fourth-order valence-corrected chi connectivity index (χ4v) is 1.80. The van der Waals surface area contributed by atoms with Gasteiger partial charge in [0.2, 0.25) is 0 Å². The van der Waals surface area contributed by atoms with Gasteiger partial charge in [0.05, 0.1) is 0 Å². The highest BCUT2D eigenvalue weighted by molar-refractivity contribution is 7.88. The van der Waals surface area contributed by atoms with Gasteiger partial charge in [-0.25, -0.2) is 0 Å². The molecule has 0 fully saturated rings. The van der Waals surface area contributed by atoms with E-state index in [0.29, 0.717) is 6.08 Å². The number of allylic oxidation sites excluding steroid dienone is 2. The molecule has 0 amide bonds. The van der Waals surface area contributed by atoms with Gasteiger partial charge in [0, 0.05) is 0 Å². The van der Waals surface area contributed by atoms with Crippen molar-refractivity contribution in [2.75, 3.05) is 0 Å². The molecule has 1 aliphatic rings. The monoisotopic (exact) mass is 216 g/mol. The molecule has 14 heavy (non-hydrogen) atoms. The molecule has 0 heterocycles. The van der Waals surface area contributed by atoms with Crippen LogP contribution >= 0.6 is 0 Å². The van der Waals surface area contributed by atoms with E-state index in [1.807, 2.05) is 0 Å². The number of carbonyl (C=O) groups excluding carboxylic acids is 2. The molecule has 74 valence electrons. The first-order valence-electron chi connectivity index (χ1n) is 3.32. The molecule has 1 aliphatic carbocycles. The van der Waals surface area contributed by atoms with Crippen LogP contribution in [0.5, 0.6) is 0 Å². The smallest absolute Gasteiger partial charge is 0.361 e. The van der Waals surface area contributed by atoms with E-state index in [1.165, 1.54) is 0 Å². The molecule has 0 spiro atoms. The van der Waals surface area contributed by atoms with Gasteiger partial charge in [0.25, 0.3) is 21.2 Å². The second kappa shape index (κ2) is 3.26. The molecule has 0 bridgehead atoms. The summed E-state index contributed by atoms with van der Waals surface area (Å²) in [5.74, 6) is -1.96. The summed E-state index contributed by atoms with van der Waals surface area (Å²) >= 11 is 0. The fraction of sp³-hybridized carbons (Fsp3) is 0.167. The van der Waals surface area contributed by atoms with Crippen LogP contribution in [-0.2, 0) is 19.7 Å². The lowest BCUT2D eigenvalue weighted by molar-refractivity contribution is -0.119. The number of nitrogens with zero attached hydrogens (tertiary/aromatic N) is 2. The Morgan fingerprint density at radius 3 is 2.29 bits per heavy atom. The van der Waals surface area contributed by atoms with Crippen molar-refractivity contribution in [3.05, 3.63) is 17.7 Å². The third-order valence-electron chi connectivity index (χ3n) is 1.56. The van der Waals surface area contributed by atoms with Crippen LogP contribution in [0.25, 0.3) is 5.53 Å². The number of hydrogen-bond acceptors (Lipinski definition) is 4. The minimum Gasteiger partial charge on any atom is -0.361 e. The van der Waals surface area contributed by atoms with Crippen molar-refractivity contribution in [2.24, 2.45) is 0 Å². The number of hydrogen-bond donors (Lipinski definition) is 1. The third-order valence-corrected chi connectivity index (χ3v) is 2.62. The SMILES string of the molecule is [N-]=[N+]=C1C(=O)C=CC(=O)C1S(=O)(=O)O. The maximum atomic E-state index is 11.0. The molecule has 1 unspecified atom stereocenters. The van der Waals surface area contributed by atoms with E-state index >= 15 is 0 Å². The molecule has 0 aromatic rings. The summed E-state index contributed by atoms with van der Waals surface area (Å²) in [5, 5.41) is -2.12. The summed E-state index contributed by atoms with van der Waals surface area (Å²) in [6, 6.07) is 0. The van der Waals surface area contributed by atoms with Gasteiger partial charge in [-0.05, 0) is 12.2 Å². The normalized spacial score (nSPS) is 22.4. The number of ketones is 2. The van der Waals surface area contributed by atoms with Gasteiger partial charge < -0.3 is 5.53 Å². The fourth-order valence-electron chi connectivity index (χ4n) is 0.984. The molecule has 0 aromatic heterocycles. The van der Waals surface area contributed by atoms with E-state index in [2.05, 4.69) is 4.79 Å². The Morgan fingerprint density at radius 2 is 1.93 bits per heavy atom. The minimum absolute atomic E-state index is 0.704. The summed E-state index contributed by atoms with van der Waals surface area (Å²) in [6.07, 6.45) is 1.47. The van der Waals surface area contributed by atoms with E-state index in [4.69, 9.17) is 10.1 Å². The molecule has 8 heteroatoms. The van der Waals surface area contributed by atoms with Crippen LogP contribution in [0.15, 0.2) is 12.2 Å². The summed E-state index contributed by atoms with van der Waals surface area (Å²) in [7, 11) is -4.78. The first-order chi connectivity index (χ1) is 6.38. The van der Waals surface area contributed by atoms with Gasteiger partial charge in [-0.2, -0.15) is 13.2 Å². The zero-order valence-electron chi connectivity index (χ0n) is 6.61. The predicted molar refractivity (Wildman–Crippen MR) is 43.1 cm³/mol. The summed E-state index contributed by atoms with van der Waals surface area (Å²) < 4.78 is 29.9. The van der Waals surface area contributed by atoms with E-state index in [1.54, 1.807) is 0 Å².